The van der Waals surface area contributed by atoms with Gasteiger partial charge >= 0.3 is 0 Å². The van der Waals surface area contributed by atoms with Gasteiger partial charge in [-0.2, -0.15) is 0 Å². The van der Waals surface area contributed by atoms with Gasteiger partial charge in [0.1, 0.15) is 0 Å². The highest BCUT2D eigenvalue weighted by atomic mass is 35.5. The standard InChI is InChI=1S/C12H16ClN5OS/c1-8(20(2)19)5-6-18-12(15-16-17-18)9-3-4-10(13)11(14)7-9/h3-4,7-8H,5-6,14H2,1-2H3. The molecule has 1 aromatic heterocycles. The van der Waals surface area contributed by atoms with Crippen LogP contribution in [-0.2, 0) is 17.3 Å². The molecule has 2 rings (SSSR count). The SMILES string of the molecule is CC(CCn1nnnc1-c1ccc(Cl)c(N)c1)S(C)=O. The topological polar surface area (TPSA) is 86.7 Å². The lowest BCUT2D eigenvalue weighted by Gasteiger charge is -2.09. The molecule has 0 aliphatic rings. The van der Waals surface area contributed by atoms with Gasteiger partial charge < -0.3 is 5.73 Å². The molecule has 1 heterocycles. The lowest BCUT2D eigenvalue weighted by molar-refractivity contribution is 0.556. The van der Waals surface area contributed by atoms with Gasteiger partial charge in [-0.1, -0.05) is 18.5 Å². The molecule has 20 heavy (non-hydrogen) atoms. The van der Waals surface area contributed by atoms with Crippen molar-refractivity contribution in [1.29, 1.82) is 0 Å². The number of aryl methyl sites for hydroxylation is 1. The van der Waals surface area contributed by atoms with Gasteiger partial charge in [0.2, 0.25) is 0 Å². The van der Waals surface area contributed by atoms with Crippen LogP contribution < -0.4 is 5.73 Å². The number of rotatable bonds is 5. The molecule has 0 amide bonds. The Bertz CT molecular complexity index is 630. The summed E-state index contributed by atoms with van der Waals surface area (Å²) in [6, 6.07) is 5.28. The van der Waals surface area contributed by atoms with Crippen LogP contribution in [0.2, 0.25) is 5.02 Å². The number of aromatic nitrogens is 4. The summed E-state index contributed by atoms with van der Waals surface area (Å²) < 4.78 is 13.0. The summed E-state index contributed by atoms with van der Waals surface area (Å²) >= 11 is 5.90. The monoisotopic (exact) mass is 313 g/mol. The van der Waals surface area contributed by atoms with E-state index in [1.165, 1.54) is 0 Å². The molecular weight excluding hydrogens is 298 g/mol. The number of halogens is 1. The largest absolute Gasteiger partial charge is 0.398 e. The molecule has 0 aliphatic carbocycles. The Balaban J connectivity index is 2.19. The number of hydrogen-bond acceptors (Lipinski definition) is 5. The number of nitrogens with zero attached hydrogens (tertiary/aromatic N) is 4. The van der Waals surface area contributed by atoms with Crippen LogP contribution in [0.1, 0.15) is 13.3 Å². The zero-order chi connectivity index (χ0) is 14.7. The molecule has 0 fully saturated rings. The fourth-order valence-corrected chi connectivity index (χ4v) is 2.27. The Kier molecular flexibility index (Phi) is 4.72. The summed E-state index contributed by atoms with van der Waals surface area (Å²) in [5, 5.41) is 12.3. The number of tetrazole rings is 1. The predicted octanol–water partition coefficient (Wildman–Crippen LogP) is 1.73. The summed E-state index contributed by atoms with van der Waals surface area (Å²) in [6.45, 7) is 2.55. The van der Waals surface area contributed by atoms with Gasteiger partial charge in [0.25, 0.3) is 0 Å². The highest BCUT2D eigenvalue weighted by Gasteiger charge is 2.12. The van der Waals surface area contributed by atoms with Crippen molar-refractivity contribution < 1.29 is 4.21 Å². The van der Waals surface area contributed by atoms with Crippen molar-refractivity contribution in [1.82, 2.24) is 20.2 Å². The van der Waals surface area contributed by atoms with E-state index >= 15 is 0 Å². The minimum absolute atomic E-state index is 0.0994. The van der Waals surface area contributed by atoms with Gasteiger partial charge in [0.05, 0.1) is 10.7 Å². The molecule has 2 N–H and O–H groups in total. The van der Waals surface area contributed by atoms with Crippen LogP contribution in [-0.4, -0.2) is 35.9 Å². The number of nitrogens with two attached hydrogens (primary N) is 1. The van der Waals surface area contributed by atoms with Crippen LogP contribution in [0.3, 0.4) is 0 Å². The van der Waals surface area contributed by atoms with E-state index in [1.807, 2.05) is 13.0 Å². The number of hydrogen-bond donors (Lipinski definition) is 1. The van der Waals surface area contributed by atoms with Gasteiger partial charge in [-0.05, 0) is 35.0 Å². The lowest BCUT2D eigenvalue weighted by Crippen LogP contribution is -2.14. The summed E-state index contributed by atoms with van der Waals surface area (Å²) in [6.07, 6.45) is 2.44. The first-order chi connectivity index (χ1) is 9.49. The van der Waals surface area contributed by atoms with E-state index in [0.29, 0.717) is 23.1 Å². The quantitative estimate of drug-likeness (QED) is 0.849. The predicted molar refractivity (Wildman–Crippen MR) is 80.8 cm³/mol. The fraction of sp³-hybridized carbons (Fsp3) is 0.417. The van der Waals surface area contributed by atoms with Crippen molar-refractivity contribution >= 4 is 28.1 Å². The zero-order valence-electron chi connectivity index (χ0n) is 11.3. The second-order valence-electron chi connectivity index (χ2n) is 4.56. The second kappa shape index (κ2) is 6.32. The van der Waals surface area contributed by atoms with E-state index in [2.05, 4.69) is 15.5 Å². The number of nitrogen functional groups attached to an aromatic ring is 1. The van der Waals surface area contributed by atoms with E-state index in [9.17, 15) is 4.21 Å². The van der Waals surface area contributed by atoms with E-state index < -0.39 is 10.8 Å². The normalized spacial score (nSPS) is 14.2. The molecule has 0 saturated carbocycles. The van der Waals surface area contributed by atoms with Crippen molar-refractivity contribution in [3.63, 3.8) is 0 Å². The van der Waals surface area contributed by atoms with Crippen LogP contribution in [0.15, 0.2) is 18.2 Å². The average molecular weight is 314 g/mol. The molecule has 0 radical (unpaired) electrons. The Morgan fingerprint density at radius 3 is 2.90 bits per heavy atom. The summed E-state index contributed by atoms with van der Waals surface area (Å²) in [7, 11) is -0.849. The second-order valence-corrected chi connectivity index (χ2v) is 6.77. The van der Waals surface area contributed by atoms with E-state index in [4.69, 9.17) is 17.3 Å². The molecule has 0 saturated heterocycles. The smallest absolute Gasteiger partial charge is 0.182 e. The van der Waals surface area contributed by atoms with E-state index in [1.54, 1.807) is 23.1 Å². The fourth-order valence-electron chi connectivity index (χ4n) is 1.71. The molecule has 2 atom stereocenters. The van der Waals surface area contributed by atoms with Crippen molar-refractivity contribution in [2.24, 2.45) is 0 Å². The van der Waals surface area contributed by atoms with Crippen LogP contribution in [0.5, 0.6) is 0 Å². The molecular formula is C12H16ClN5OS. The maximum atomic E-state index is 11.4. The minimum atomic E-state index is -0.849. The van der Waals surface area contributed by atoms with Crippen LogP contribution >= 0.6 is 11.6 Å². The first-order valence-electron chi connectivity index (χ1n) is 6.13. The summed E-state index contributed by atoms with van der Waals surface area (Å²) in [5.74, 6) is 0.627. The van der Waals surface area contributed by atoms with Gasteiger partial charge in [-0.25, -0.2) is 4.68 Å². The average Bonchev–Trinajstić information content (AvgIpc) is 2.87. The van der Waals surface area contributed by atoms with Gasteiger partial charge in [-0.3, -0.25) is 4.21 Å². The first-order valence-corrected chi connectivity index (χ1v) is 8.12. The third-order valence-electron chi connectivity index (χ3n) is 3.10. The Hall–Kier alpha value is -1.47. The van der Waals surface area contributed by atoms with Crippen molar-refractivity contribution in [2.45, 2.75) is 25.1 Å². The van der Waals surface area contributed by atoms with Crippen molar-refractivity contribution in [3.8, 4) is 11.4 Å². The molecule has 8 heteroatoms. The number of benzene rings is 1. The van der Waals surface area contributed by atoms with Crippen molar-refractivity contribution in [2.75, 3.05) is 12.0 Å². The van der Waals surface area contributed by atoms with Gasteiger partial charge in [0, 0.05) is 34.4 Å². The van der Waals surface area contributed by atoms with Crippen LogP contribution in [0.4, 0.5) is 5.69 Å². The molecule has 108 valence electrons. The third-order valence-corrected chi connectivity index (χ3v) is 4.81. The summed E-state index contributed by atoms with van der Waals surface area (Å²) in [4.78, 5) is 0. The summed E-state index contributed by atoms with van der Waals surface area (Å²) in [5.41, 5.74) is 7.08. The zero-order valence-corrected chi connectivity index (χ0v) is 12.9. The molecule has 2 unspecified atom stereocenters. The molecule has 1 aromatic carbocycles. The first kappa shape index (κ1) is 14.9. The minimum Gasteiger partial charge on any atom is -0.398 e. The third kappa shape index (κ3) is 3.34. The molecule has 6 nitrogen and oxygen atoms in total. The number of anilines is 1. The molecule has 0 spiro atoms. The highest BCUT2D eigenvalue weighted by Crippen LogP contribution is 2.25. The maximum absolute atomic E-state index is 11.4. The maximum Gasteiger partial charge on any atom is 0.182 e. The lowest BCUT2D eigenvalue weighted by atomic mass is 10.2. The van der Waals surface area contributed by atoms with Gasteiger partial charge in [-0.15, -0.1) is 5.10 Å². The molecule has 2 aromatic rings. The Morgan fingerprint density at radius 1 is 1.50 bits per heavy atom. The van der Waals surface area contributed by atoms with Crippen molar-refractivity contribution in [3.05, 3.63) is 23.2 Å². The van der Waals surface area contributed by atoms with Crippen LogP contribution in [0, 0.1) is 0 Å². The highest BCUT2D eigenvalue weighted by molar-refractivity contribution is 7.84. The Morgan fingerprint density at radius 2 is 2.25 bits per heavy atom. The van der Waals surface area contributed by atoms with Gasteiger partial charge in [0.15, 0.2) is 5.82 Å². The molecule has 0 bridgehead atoms. The van der Waals surface area contributed by atoms with E-state index in [-0.39, 0.29) is 5.25 Å². The Labute approximate surface area is 124 Å². The van der Waals surface area contributed by atoms with Crippen LogP contribution in [0.25, 0.3) is 11.4 Å². The van der Waals surface area contributed by atoms with E-state index in [0.717, 1.165) is 12.0 Å². The molecule has 0 aliphatic heterocycles.